The lowest BCUT2D eigenvalue weighted by molar-refractivity contribution is 0.0607. The van der Waals surface area contributed by atoms with Crippen LogP contribution < -0.4 is 5.32 Å². The fraction of sp³-hybridized carbons (Fsp3) is 0.429. The van der Waals surface area contributed by atoms with Gasteiger partial charge in [0.15, 0.2) is 0 Å². The van der Waals surface area contributed by atoms with Crippen LogP contribution in [0.3, 0.4) is 0 Å². The number of nitrogens with one attached hydrogen (secondary N) is 1. The average Bonchev–Trinajstić information content (AvgIpc) is 2.36. The number of methoxy groups -OCH3 is 1. The van der Waals surface area contributed by atoms with Gasteiger partial charge in [0.2, 0.25) is 0 Å². The van der Waals surface area contributed by atoms with Gasteiger partial charge in [-0.3, -0.25) is 5.32 Å². The van der Waals surface area contributed by atoms with Gasteiger partial charge < -0.3 is 14.6 Å². The molecule has 0 aromatic heterocycles. The highest BCUT2D eigenvalue weighted by Gasteiger charge is 2.01. The van der Waals surface area contributed by atoms with E-state index in [1.165, 1.54) is 0 Å². The molecule has 0 spiro atoms. The van der Waals surface area contributed by atoms with Gasteiger partial charge in [-0.1, -0.05) is 37.0 Å². The molecule has 0 saturated heterocycles. The van der Waals surface area contributed by atoms with Gasteiger partial charge in [-0.05, 0) is 18.6 Å². The van der Waals surface area contributed by atoms with E-state index in [0.29, 0.717) is 13.2 Å². The average molecular weight is 253 g/mol. The van der Waals surface area contributed by atoms with Gasteiger partial charge >= 0.3 is 0 Å². The van der Waals surface area contributed by atoms with Crippen LogP contribution in [0.1, 0.15) is 6.92 Å². The largest absolute Gasteiger partial charge is 0.381 e. The van der Waals surface area contributed by atoms with Gasteiger partial charge in [0.05, 0.1) is 19.9 Å². The lowest BCUT2D eigenvalue weighted by Crippen LogP contribution is -2.30. The maximum absolute atomic E-state index is 8.87. The minimum absolute atomic E-state index is 0.143. The van der Waals surface area contributed by atoms with Crippen LogP contribution in [0.2, 0.25) is 0 Å². The van der Waals surface area contributed by atoms with Crippen molar-refractivity contribution in [2.45, 2.75) is 13.2 Å². The van der Waals surface area contributed by atoms with Crippen molar-refractivity contribution in [2.24, 2.45) is 0 Å². The molecule has 0 aliphatic carbocycles. The zero-order chi connectivity index (χ0) is 13.6. The molecule has 0 radical (unpaired) electrons. The molecule has 0 rings (SSSR count). The second-order valence-corrected chi connectivity index (χ2v) is 3.45. The van der Waals surface area contributed by atoms with Crippen molar-refractivity contribution >= 4 is 0 Å². The molecule has 0 aliphatic heterocycles. The normalized spacial score (nSPS) is 14.5. The van der Waals surface area contributed by atoms with Gasteiger partial charge in [0, 0.05) is 7.11 Å². The summed E-state index contributed by atoms with van der Waals surface area (Å²) in [5, 5.41) is 11.7. The standard InChI is InChI=1S/C14H23NO3/c1-4-6-10-18-14(15-12-16)9-8-13(7-5-2)11-17-3/h4-9,14-16H,2,10-12H2,1,3H3/b6-4-,9-8?,13-7+. The Morgan fingerprint density at radius 1 is 1.50 bits per heavy atom. The number of hydrogen-bond donors (Lipinski definition) is 2. The molecule has 0 bridgehead atoms. The zero-order valence-electron chi connectivity index (χ0n) is 11.1. The first-order chi connectivity index (χ1) is 8.78. The Morgan fingerprint density at radius 2 is 2.28 bits per heavy atom. The highest BCUT2D eigenvalue weighted by atomic mass is 16.5. The van der Waals surface area contributed by atoms with E-state index in [2.05, 4.69) is 11.9 Å². The van der Waals surface area contributed by atoms with Gasteiger partial charge in [-0.15, -0.1) is 0 Å². The summed E-state index contributed by atoms with van der Waals surface area (Å²) in [7, 11) is 1.64. The lowest BCUT2D eigenvalue weighted by Gasteiger charge is -2.13. The second-order valence-electron chi connectivity index (χ2n) is 3.45. The third kappa shape index (κ3) is 8.90. The predicted molar refractivity (Wildman–Crippen MR) is 74.1 cm³/mol. The van der Waals surface area contributed by atoms with Crippen molar-refractivity contribution in [3.63, 3.8) is 0 Å². The zero-order valence-corrected chi connectivity index (χ0v) is 11.1. The van der Waals surface area contributed by atoms with Crippen LogP contribution in [0.15, 0.2) is 48.6 Å². The SMILES string of the molecule is C=C/C=C(\C=CC(NCO)OC/C=C\C)COC. The van der Waals surface area contributed by atoms with E-state index < -0.39 is 0 Å². The highest BCUT2D eigenvalue weighted by molar-refractivity contribution is 5.24. The summed E-state index contributed by atoms with van der Waals surface area (Å²) in [6, 6.07) is 0. The van der Waals surface area contributed by atoms with Crippen LogP contribution in [0.5, 0.6) is 0 Å². The fourth-order valence-corrected chi connectivity index (χ4v) is 1.21. The van der Waals surface area contributed by atoms with Crippen molar-refractivity contribution in [1.29, 1.82) is 0 Å². The molecule has 2 N–H and O–H groups in total. The number of aliphatic hydroxyl groups excluding tert-OH is 1. The molecule has 4 heteroatoms. The summed E-state index contributed by atoms with van der Waals surface area (Å²) in [5.41, 5.74) is 0.979. The summed E-state index contributed by atoms with van der Waals surface area (Å²) >= 11 is 0. The Balaban J connectivity index is 4.42. The maximum Gasteiger partial charge on any atom is 0.129 e. The van der Waals surface area contributed by atoms with E-state index in [-0.39, 0.29) is 13.0 Å². The third-order valence-corrected chi connectivity index (χ3v) is 2.03. The number of ether oxygens (including phenoxy) is 2. The Morgan fingerprint density at radius 3 is 2.83 bits per heavy atom. The van der Waals surface area contributed by atoms with Crippen LogP contribution in [0.25, 0.3) is 0 Å². The van der Waals surface area contributed by atoms with E-state index in [1.807, 2.05) is 37.3 Å². The molecule has 0 saturated carbocycles. The number of aliphatic hydroxyl groups is 1. The van der Waals surface area contributed by atoms with Crippen LogP contribution in [0, 0.1) is 0 Å². The smallest absolute Gasteiger partial charge is 0.129 e. The summed E-state index contributed by atoms with van der Waals surface area (Å²) in [6.07, 6.45) is 10.7. The molecule has 4 nitrogen and oxygen atoms in total. The first-order valence-corrected chi connectivity index (χ1v) is 5.84. The third-order valence-electron chi connectivity index (χ3n) is 2.03. The van der Waals surface area contributed by atoms with Gasteiger partial charge in [-0.25, -0.2) is 0 Å². The molecule has 0 amide bonds. The molecule has 1 atom stereocenters. The number of allylic oxidation sites excluding steroid dienone is 3. The Kier molecular flexibility index (Phi) is 11.4. The van der Waals surface area contributed by atoms with Crippen LogP contribution in [0.4, 0.5) is 0 Å². The lowest BCUT2D eigenvalue weighted by atomic mass is 10.2. The number of hydrogen-bond acceptors (Lipinski definition) is 4. The summed E-state index contributed by atoms with van der Waals surface area (Å²) in [6.45, 7) is 6.42. The topological polar surface area (TPSA) is 50.7 Å². The van der Waals surface area contributed by atoms with Crippen molar-refractivity contribution < 1.29 is 14.6 Å². The summed E-state index contributed by atoms with van der Waals surface area (Å²) in [5.74, 6) is 0. The molecule has 1 unspecified atom stereocenters. The Hall–Kier alpha value is -1.20. The summed E-state index contributed by atoms with van der Waals surface area (Å²) in [4.78, 5) is 0. The van der Waals surface area contributed by atoms with Gasteiger partial charge in [-0.2, -0.15) is 0 Å². The van der Waals surface area contributed by atoms with Crippen molar-refractivity contribution in [2.75, 3.05) is 27.1 Å². The molecular formula is C14H23NO3. The van der Waals surface area contributed by atoms with Crippen molar-refractivity contribution in [3.05, 3.63) is 48.6 Å². The molecule has 0 aliphatic rings. The first-order valence-electron chi connectivity index (χ1n) is 5.84. The van der Waals surface area contributed by atoms with Crippen molar-refractivity contribution in [3.8, 4) is 0 Å². The second kappa shape index (κ2) is 12.3. The van der Waals surface area contributed by atoms with Crippen LogP contribution in [-0.4, -0.2) is 38.4 Å². The summed E-state index contributed by atoms with van der Waals surface area (Å²) < 4.78 is 10.5. The van der Waals surface area contributed by atoms with Crippen molar-refractivity contribution in [1.82, 2.24) is 5.32 Å². The van der Waals surface area contributed by atoms with E-state index in [9.17, 15) is 0 Å². The minimum atomic E-state index is -0.337. The molecule has 0 aromatic rings. The van der Waals surface area contributed by atoms with E-state index in [1.54, 1.807) is 13.2 Å². The van der Waals surface area contributed by atoms with Crippen LogP contribution in [-0.2, 0) is 9.47 Å². The minimum Gasteiger partial charge on any atom is -0.381 e. The first kappa shape index (κ1) is 16.8. The fourth-order valence-electron chi connectivity index (χ4n) is 1.21. The number of rotatable bonds is 10. The maximum atomic E-state index is 8.87. The molecule has 0 aromatic carbocycles. The quantitative estimate of drug-likeness (QED) is 0.354. The van der Waals surface area contributed by atoms with E-state index >= 15 is 0 Å². The Labute approximate surface area is 109 Å². The molecule has 0 fully saturated rings. The molecule has 0 heterocycles. The van der Waals surface area contributed by atoms with Gasteiger partial charge in [0.25, 0.3) is 0 Å². The monoisotopic (exact) mass is 253 g/mol. The van der Waals surface area contributed by atoms with Gasteiger partial charge in [0.1, 0.15) is 6.23 Å². The predicted octanol–water partition coefficient (Wildman–Crippen LogP) is 1.76. The van der Waals surface area contributed by atoms with Crippen LogP contribution >= 0.6 is 0 Å². The highest BCUT2D eigenvalue weighted by Crippen LogP contribution is 2.01. The molecular weight excluding hydrogens is 230 g/mol. The molecule has 18 heavy (non-hydrogen) atoms. The van der Waals surface area contributed by atoms with E-state index in [0.717, 1.165) is 5.57 Å². The van der Waals surface area contributed by atoms with E-state index in [4.69, 9.17) is 14.6 Å². The Bertz CT molecular complexity index is 295. The molecule has 102 valence electrons.